The highest BCUT2D eigenvalue weighted by atomic mass is 19.1. The number of halogens is 1. The highest BCUT2D eigenvalue weighted by molar-refractivity contribution is 6.07. The van der Waals surface area contributed by atoms with E-state index in [4.69, 9.17) is 0 Å². The van der Waals surface area contributed by atoms with Crippen LogP contribution in [0, 0.1) is 12.7 Å². The first-order valence-corrected chi connectivity index (χ1v) is 6.85. The average Bonchev–Trinajstić information content (AvgIpc) is 2.88. The second kappa shape index (κ2) is 5.16. The molecule has 21 heavy (non-hydrogen) atoms. The van der Waals surface area contributed by atoms with Crippen LogP contribution in [0.3, 0.4) is 0 Å². The van der Waals surface area contributed by atoms with E-state index in [0.717, 1.165) is 17.7 Å². The minimum absolute atomic E-state index is 0.124. The maximum Gasteiger partial charge on any atom is 0.258 e. The third-order valence-corrected chi connectivity index (χ3v) is 3.64. The van der Waals surface area contributed by atoms with Gasteiger partial charge in [0, 0.05) is 24.8 Å². The van der Waals surface area contributed by atoms with E-state index in [1.807, 2.05) is 6.92 Å². The largest absolute Gasteiger partial charge is 0.373 e. The molecule has 0 fully saturated rings. The van der Waals surface area contributed by atoms with Gasteiger partial charge in [-0.25, -0.2) is 9.37 Å². The van der Waals surface area contributed by atoms with Crippen molar-refractivity contribution in [2.75, 3.05) is 23.8 Å². The second-order valence-corrected chi connectivity index (χ2v) is 5.11. The Kier molecular flexibility index (Phi) is 3.33. The van der Waals surface area contributed by atoms with Crippen molar-refractivity contribution in [3.05, 3.63) is 53.0 Å². The summed E-state index contributed by atoms with van der Waals surface area (Å²) in [6.45, 7) is 2.42. The van der Waals surface area contributed by atoms with Gasteiger partial charge in [-0.1, -0.05) is 6.07 Å². The van der Waals surface area contributed by atoms with E-state index >= 15 is 0 Å². The summed E-state index contributed by atoms with van der Waals surface area (Å²) >= 11 is 0. The monoisotopic (exact) mass is 285 g/mol. The molecule has 108 valence electrons. The van der Waals surface area contributed by atoms with Crippen molar-refractivity contribution in [2.45, 2.75) is 13.3 Å². The molecule has 2 aromatic rings. The van der Waals surface area contributed by atoms with Crippen LogP contribution in [0.2, 0.25) is 0 Å². The van der Waals surface area contributed by atoms with Gasteiger partial charge in [-0.3, -0.25) is 4.79 Å². The van der Waals surface area contributed by atoms with Gasteiger partial charge in [-0.15, -0.1) is 0 Å². The minimum Gasteiger partial charge on any atom is -0.373 e. The molecule has 1 aliphatic rings. The number of aryl methyl sites for hydroxylation is 1. The summed E-state index contributed by atoms with van der Waals surface area (Å²) in [6.07, 6.45) is 0.754. The van der Waals surface area contributed by atoms with Crippen molar-refractivity contribution in [1.82, 2.24) is 4.98 Å². The zero-order valence-corrected chi connectivity index (χ0v) is 12.0. The molecule has 1 amide bonds. The molecular weight excluding hydrogens is 269 g/mol. The zero-order valence-electron chi connectivity index (χ0n) is 12.0. The van der Waals surface area contributed by atoms with Gasteiger partial charge < -0.3 is 10.2 Å². The molecule has 1 N–H and O–H groups in total. The quantitative estimate of drug-likeness (QED) is 0.923. The number of carbonyl (C=O) groups excluding carboxylic acids is 1. The number of pyridine rings is 1. The molecule has 0 bridgehead atoms. The second-order valence-electron chi connectivity index (χ2n) is 5.11. The Morgan fingerprint density at radius 2 is 2.14 bits per heavy atom. The number of carbonyl (C=O) groups is 1. The molecule has 0 saturated heterocycles. The average molecular weight is 285 g/mol. The van der Waals surface area contributed by atoms with Crippen molar-refractivity contribution < 1.29 is 9.18 Å². The molecule has 0 spiro atoms. The Labute approximate surface area is 122 Å². The van der Waals surface area contributed by atoms with Crippen LogP contribution in [-0.4, -0.2) is 24.5 Å². The van der Waals surface area contributed by atoms with Crippen LogP contribution in [0.1, 0.15) is 21.6 Å². The molecule has 0 atom stereocenters. The van der Waals surface area contributed by atoms with E-state index < -0.39 is 0 Å². The number of anilines is 2. The van der Waals surface area contributed by atoms with Gasteiger partial charge >= 0.3 is 0 Å². The van der Waals surface area contributed by atoms with E-state index in [1.54, 1.807) is 30.1 Å². The molecule has 2 heterocycles. The van der Waals surface area contributed by atoms with E-state index in [0.29, 0.717) is 23.6 Å². The number of benzene rings is 1. The fourth-order valence-corrected chi connectivity index (χ4v) is 2.64. The van der Waals surface area contributed by atoms with E-state index in [2.05, 4.69) is 10.3 Å². The Bertz CT molecular complexity index is 715. The molecule has 0 radical (unpaired) electrons. The van der Waals surface area contributed by atoms with Crippen molar-refractivity contribution in [1.29, 1.82) is 0 Å². The van der Waals surface area contributed by atoms with Crippen LogP contribution in [0.4, 0.5) is 15.9 Å². The molecule has 3 rings (SSSR count). The summed E-state index contributed by atoms with van der Waals surface area (Å²) in [5, 5.41) is 2.94. The summed E-state index contributed by atoms with van der Waals surface area (Å²) in [7, 11) is 1.76. The lowest BCUT2D eigenvalue weighted by Gasteiger charge is -2.18. The smallest absolute Gasteiger partial charge is 0.258 e. The third kappa shape index (κ3) is 2.46. The van der Waals surface area contributed by atoms with Gasteiger partial charge in [-0.05, 0) is 43.2 Å². The number of aromatic nitrogens is 1. The maximum atomic E-state index is 13.4. The maximum absolute atomic E-state index is 13.4. The van der Waals surface area contributed by atoms with Crippen LogP contribution in [0.15, 0.2) is 30.3 Å². The topological polar surface area (TPSA) is 45.2 Å². The fraction of sp³-hybridized carbons (Fsp3) is 0.250. The Morgan fingerprint density at radius 1 is 1.33 bits per heavy atom. The molecule has 0 saturated carbocycles. The predicted octanol–water partition coefficient (Wildman–Crippen LogP) is 2.77. The number of rotatable bonds is 2. The van der Waals surface area contributed by atoms with Crippen LogP contribution in [0.25, 0.3) is 0 Å². The van der Waals surface area contributed by atoms with Gasteiger partial charge in [-0.2, -0.15) is 0 Å². The molecule has 0 unspecified atom stereocenters. The van der Waals surface area contributed by atoms with Gasteiger partial charge in [0.05, 0.1) is 5.69 Å². The standard InChI is InChI=1S/C16H16FN3O/c1-10-7-12(8-15(18-2)19-10)16(21)20-6-5-11-3-4-13(17)9-14(11)20/h3-4,7-9H,5-6H2,1-2H3,(H,18,19). The molecular formula is C16H16FN3O. The molecule has 4 nitrogen and oxygen atoms in total. The van der Waals surface area contributed by atoms with Crippen LogP contribution in [0.5, 0.6) is 0 Å². The van der Waals surface area contributed by atoms with Crippen molar-refractivity contribution in [3.63, 3.8) is 0 Å². The first kappa shape index (κ1) is 13.5. The van der Waals surface area contributed by atoms with Crippen molar-refractivity contribution >= 4 is 17.4 Å². The zero-order chi connectivity index (χ0) is 15.0. The molecule has 1 aromatic heterocycles. The minimum atomic E-state index is -0.324. The van der Waals surface area contributed by atoms with E-state index in [-0.39, 0.29) is 11.7 Å². The summed E-state index contributed by atoms with van der Waals surface area (Å²) in [5.74, 6) is 0.202. The summed E-state index contributed by atoms with van der Waals surface area (Å²) in [6, 6.07) is 8.07. The number of hydrogen-bond acceptors (Lipinski definition) is 3. The van der Waals surface area contributed by atoms with Crippen LogP contribution < -0.4 is 10.2 Å². The van der Waals surface area contributed by atoms with Gasteiger partial charge in [0.2, 0.25) is 0 Å². The lowest BCUT2D eigenvalue weighted by atomic mass is 10.1. The predicted molar refractivity (Wildman–Crippen MR) is 80.3 cm³/mol. The summed E-state index contributed by atoms with van der Waals surface area (Å²) in [4.78, 5) is 18.6. The highest BCUT2D eigenvalue weighted by Gasteiger charge is 2.26. The van der Waals surface area contributed by atoms with Crippen molar-refractivity contribution in [2.24, 2.45) is 0 Å². The SMILES string of the molecule is CNc1cc(C(=O)N2CCc3ccc(F)cc32)cc(C)n1. The Morgan fingerprint density at radius 3 is 2.90 bits per heavy atom. The molecule has 1 aliphatic heterocycles. The van der Waals surface area contributed by atoms with Crippen LogP contribution in [-0.2, 0) is 6.42 Å². The Balaban J connectivity index is 1.98. The molecule has 1 aromatic carbocycles. The number of amides is 1. The van der Waals surface area contributed by atoms with Crippen LogP contribution >= 0.6 is 0 Å². The number of nitrogens with one attached hydrogen (secondary N) is 1. The Hall–Kier alpha value is -2.43. The summed E-state index contributed by atoms with van der Waals surface area (Å²) in [5.41, 5.74) is 3.00. The van der Waals surface area contributed by atoms with Gasteiger partial charge in [0.15, 0.2) is 0 Å². The number of hydrogen-bond donors (Lipinski definition) is 1. The van der Waals surface area contributed by atoms with E-state index in [9.17, 15) is 9.18 Å². The van der Waals surface area contributed by atoms with Gasteiger partial charge in [0.1, 0.15) is 11.6 Å². The fourth-order valence-electron chi connectivity index (χ4n) is 2.64. The first-order valence-electron chi connectivity index (χ1n) is 6.85. The normalized spacial score (nSPS) is 13.2. The first-order chi connectivity index (χ1) is 10.1. The molecule has 0 aliphatic carbocycles. The summed E-state index contributed by atoms with van der Waals surface area (Å²) < 4.78 is 13.4. The number of nitrogens with zero attached hydrogens (tertiary/aromatic N) is 2. The van der Waals surface area contributed by atoms with E-state index in [1.165, 1.54) is 12.1 Å². The lowest BCUT2D eigenvalue weighted by Crippen LogP contribution is -2.29. The molecule has 5 heteroatoms. The third-order valence-electron chi connectivity index (χ3n) is 3.64. The lowest BCUT2D eigenvalue weighted by molar-refractivity contribution is 0.0989. The van der Waals surface area contributed by atoms with Gasteiger partial charge in [0.25, 0.3) is 5.91 Å². The van der Waals surface area contributed by atoms with Crippen molar-refractivity contribution in [3.8, 4) is 0 Å². The number of fused-ring (bicyclic) bond motifs is 1. The highest BCUT2D eigenvalue weighted by Crippen LogP contribution is 2.30.